The highest BCUT2D eigenvalue weighted by Crippen LogP contribution is 2.33. The lowest BCUT2D eigenvalue weighted by Crippen LogP contribution is -2.39. The molecule has 1 N–H and O–H groups in total. The molecular weight excluding hydrogens is 332 g/mol. The van der Waals surface area contributed by atoms with Crippen molar-refractivity contribution in [3.05, 3.63) is 41.5 Å². The molecule has 26 heavy (non-hydrogen) atoms. The van der Waals surface area contributed by atoms with Gasteiger partial charge in [0.2, 0.25) is 0 Å². The summed E-state index contributed by atoms with van der Waals surface area (Å²) in [5.74, 6) is 0.410. The summed E-state index contributed by atoms with van der Waals surface area (Å²) in [6.45, 7) is 4.01. The second kappa shape index (κ2) is 6.86. The van der Waals surface area contributed by atoms with Crippen molar-refractivity contribution in [2.75, 3.05) is 19.6 Å². The molecule has 4 rings (SSSR count). The fourth-order valence-electron chi connectivity index (χ4n) is 4.10. The van der Waals surface area contributed by atoms with Gasteiger partial charge in [-0.2, -0.15) is 15.3 Å². The minimum atomic E-state index is -0.0365. The third kappa shape index (κ3) is 3.07. The first kappa shape index (κ1) is 16.7. The van der Waals surface area contributed by atoms with Crippen LogP contribution in [0, 0.1) is 12.8 Å². The van der Waals surface area contributed by atoms with Crippen molar-refractivity contribution in [1.29, 1.82) is 0 Å². The van der Waals surface area contributed by atoms with E-state index in [0.29, 0.717) is 30.3 Å². The van der Waals surface area contributed by atoms with Crippen molar-refractivity contribution in [3.8, 4) is 0 Å². The largest absolute Gasteiger partial charge is 0.337 e. The molecule has 2 atom stereocenters. The van der Waals surface area contributed by atoms with E-state index in [1.807, 2.05) is 16.7 Å². The minimum absolute atomic E-state index is 0.00935. The van der Waals surface area contributed by atoms with Crippen LogP contribution in [0.3, 0.4) is 0 Å². The van der Waals surface area contributed by atoms with Crippen molar-refractivity contribution in [3.63, 3.8) is 0 Å². The molecule has 4 heterocycles. The van der Waals surface area contributed by atoms with Crippen LogP contribution in [-0.4, -0.2) is 67.7 Å². The molecule has 0 aliphatic carbocycles. The number of carbonyl (C=O) groups is 2. The third-order valence-electron chi connectivity index (χ3n) is 5.45. The quantitative estimate of drug-likeness (QED) is 0.876. The van der Waals surface area contributed by atoms with Crippen LogP contribution in [0.1, 0.15) is 45.8 Å². The molecular formula is C18H22N6O2. The molecule has 2 aromatic heterocycles. The maximum Gasteiger partial charge on any atom is 0.274 e. The van der Waals surface area contributed by atoms with E-state index in [2.05, 4.69) is 20.4 Å². The van der Waals surface area contributed by atoms with Crippen LogP contribution in [0.25, 0.3) is 0 Å². The van der Waals surface area contributed by atoms with Gasteiger partial charge >= 0.3 is 0 Å². The second-order valence-corrected chi connectivity index (χ2v) is 7.05. The van der Waals surface area contributed by atoms with Crippen molar-refractivity contribution < 1.29 is 9.59 Å². The Labute approximate surface area is 151 Å². The Balaban J connectivity index is 1.46. The average molecular weight is 354 g/mol. The summed E-state index contributed by atoms with van der Waals surface area (Å²) in [4.78, 5) is 29.3. The van der Waals surface area contributed by atoms with Crippen LogP contribution in [-0.2, 0) is 0 Å². The van der Waals surface area contributed by atoms with Crippen molar-refractivity contribution in [1.82, 2.24) is 30.2 Å². The number of nitrogens with one attached hydrogen (secondary N) is 1. The molecule has 2 aliphatic heterocycles. The van der Waals surface area contributed by atoms with Crippen LogP contribution in [0.15, 0.2) is 24.5 Å². The Morgan fingerprint density at radius 1 is 1.12 bits per heavy atom. The van der Waals surface area contributed by atoms with Gasteiger partial charge in [0.15, 0.2) is 0 Å². The average Bonchev–Trinajstić information content (AvgIpc) is 3.22. The number of fused-ring (bicyclic) bond motifs is 1. The molecule has 0 saturated carbocycles. The predicted octanol–water partition coefficient (Wildman–Crippen LogP) is 1.28. The fraction of sp³-hybridized carbons (Fsp3) is 0.500. The van der Waals surface area contributed by atoms with Gasteiger partial charge in [-0.3, -0.25) is 14.7 Å². The number of nitrogens with zero attached hydrogens (tertiary/aromatic N) is 5. The van der Waals surface area contributed by atoms with Crippen LogP contribution in [0.5, 0.6) is 0 Å². The monoisotopic (exact) mass is 354 g/mol. The number of amides is 2. The Morgan fingerprint density at radius 2 is 1.92 bits per heavy atom. The summed E-state index contributed by atoms with van der Waals surface area (Å²) in [6, 6.07) is 3.66. The Kier molecular flexibility index (Phi) is 4.40. The van der Waals surface area contributed by atoms with Gasteiger partial charge in [0.05, 0.1) is 18.0 Å². The molecule has 2 saturated heterocycles. The molecule has 2 aromatic rings. The number of carbonyl (C=O) groups excluding carboxylic acids is 2. The molecule has 0 aromatic carbocycles. The molecule has 0 bridgehead atoms. The van der Waals surface area contributed by atoms with E-state index in [-0.39, 0.29) is 17.9 Å². The predicted molar refractivity (Wildman–Crippen MR) is 93.4 cm³/mol. The zero-order valence-electron chi connectivity index (χ0n) is 14.8. The van der Waals surface area contributed by atoms with Gasteiger partial charge in [-0.15, -0.1) is 0 Å². The third-order valence-corrected chi connectivity index (χ3v) is 5.45. The minimum Gasteiger partial charge on any atom is -0.337 e. The lowest BCUT2D eigenvalue weighted by Gasteiger charge is -2.27. The zero-order valence-corrected chi connectivity index (χ0v) is 14.8. The number of rotatable bonds is 2. The number of hydrogen-bond acceptors (Lipinski definition) is 5. The number of likely N-dealkylation sites (tertiary alicyclic amines) is 2. The summed E-state index contributed by atoms with van der Waals surface area (Å²) < 4.78 is 0. The highest BCUT2D eigenvalue weighted by molar-refractivity contribution is 5.94. The Morgan fingerprint density at radius 3 is 2.65 bits per heavy atom. The maximum absolute atomic E-state index is 12.8. The van der Waals surface area contributed by atoms with E-state index in [1.165, 1.54) is 6.20 Å². The molecule has 0 spiro atoms. The Bertz CT molecular complexity index is 805. The van der Waals surface area contributed by atoms with Crippen LogP contribution >= 0.6 is 0 Å². The SMILES string of the molecule is Cc1cc(C(=O)N2CC[C@@H]3CCN(C(=O)c4ccnnc4)[C@H]3CC2)n[nH]1. The van der Waals surface area contributed by atoms with Gasteiger partial charge in [0.1, 0.15) is 5.69 Å². The van der Waals surface area contributed by atoms with E-state index in [1.54, 1.807) is 18.3 Å². The summed E-state index contributed by atoms with van der Waals surface area (Å²) in [7, 11) is 0. The van der Waals surface area contributed by atoms with Gasteiger partial charge in [0.25, 0.3) is 11.8 Å². The van der Waals surface area contributed by atoms with E-state index in [9.17, 15) is 9.59 Å². The molecule has 2 fully saturated rings. The van der Waals surface area contributed by atoms with Gasteiger partial charge < -0.3 is 9.80 Å². The topological polar surface area (TPSA) is 95.1 Å². The lowest BCUT2D eigenvalue weighted by molar-refractivity contribution is 0.0703. The van der Waals surface area contributed by atoms with Crippen LogP contribution in [0.2, 0.25) is 0 Å². The number of aromatic nitrogens is 4. The smallest absolute Gasteiger partial charge is 0.274 e. The van der Waals surface area contributed by atoms with Gasteiger partial charge in [-0.05, 0) is 44.2 Å². The summed E-state index contributed by atoms with van der Waals surface area (Å²) in [6.07, 6.45) is 5.75. The van der Waals surface area contributed by atoms with E-state index >= 15 is 0 Å². The highest BCUT2D eigenvalue weighted by atomic mass is 16.2. The molecule has 0 radical (unpaired) electrons. The first-order valence-corrected chi connectivity index (χ1v) is 9.02. The number of hydrogen-bond donors (Lipinski definition) is 1. The summed E-state index contributed by atoms with van der Waals surface area (Å²) in [5.41, 5.74) is 1.91. The standard InChI is InChI=1S/C18H22N6O2/c1-12-10-15(22-21-12)18(26)23-7-3-13-4-9-24(16(13)5-8-23)17(25)14-2-6-19-20-11-14/h2,6,10-11,13,16H,3-5,7-9H2,1H3,(H,21,22)/t13-,16+/m1/s1. The molecule has 2 aliphatic rings. The van der Waals surface area contributed by atoms with Crippen molar-refractivity contribution in [2.45, 2.75) is 32.2 Å². The summed E-state index contributed by atoms with van der Waals surface area (Å²) in [5, 5.41) is 14.5. The van der Waals surface area contributed by atoms with Gasteiger partial charge in [-0.25, -0.2) is 0 Å². The van der Waals surface area contributed by atoms with E-state index in [0.717, 1.165) is 31.5 Å². The first-order valence-electron chi connectivity index (χ1n) is 9.02. The Hall–Kier alpha value is -2.77. The first-order chi connectivity index (χ1) is 12.6. The highest BCUT2D eigenvalue weighted by Gasteiger charge is 2.39. The normalized spacial score (nSPS) is 22.8. The van der Waals surface area contributed by atoms with E-state index in [4.69, 9.17) is 0 Å². The molecule has 8 heteroatoms. The molecule has 2 amide bonds. The number of H-pyrrole nitrogens is 1. The van der Waals surface area contributed by atoms with Gasteiger partial charge in [0, 0.05) is 31.4 Å². The molecule has 8 nitrogen and oxygen atoms in total. The van der Waals surface area contributed by atoms with E-state index < -0.39 is 0 Å². The van der Waals surface area contributed by atoms with Crippen LogP contribution < -0.4 is 0 Å². The lowest BCUT2D eigenvalue weighted by atomic mass is 9.95. The fourth-order valence-corrected chi connectivity index (χ4v) is 4.10. The van der Waals surface area contributed by atoms with Gasteiger partial charge in [-0.1, -0.05) is 0 Å². The molecule has 136 valence electrons. The number of aryl methyl sites for hydroxylation is 1. The molecule has 0 unspecified atom stereocenters. The number of aromatic amines is 1. The van der Waals surface area contributed by atoms with Crippen molar-refractivity contribution in [2.24, 2.45) is 5.92 Å². The maximum atomic E-state index is 12.8. The zero-order chi connectivity index (χ0) is 18.1. The van der Waals surface area contributed by atoms with Crippen molar-refractivity contribution >= 4 is 11.8 Å². The summed E-state index contributed by atoms with van der Waals surface area (Å²) >= 11 is 0. The second-order valence-electron chi connectivity index (χ2n) is 7.05. The van der Waals surface area contributed by atoms with Crippen LogP contribution in [0.4, 0.5) is 0 Å².